The Morgan fingerprint density at radius 2 is 1.86 bits per heavy atom. The summed E-state index contributed by atoms with van der Waals surface area (Å²) in [5, 5.41) is 12.5. The van der Waals surface area contributed by atoms with E-state index in [9.17, 15) is 19.1 Å². The van der Waals surface area contributed by atoms with Gasteiger partial charge in [0.2, 0.25) is 5.43 Å². The van der Waals surface area contributed by atoms with Crippen molar-refractivity contribution in [2.24, 2.45) is 0 Å². The first-order chi connectivity index (χ1) is 17.4. The van der Waals surface area contributed by atoms with Gasteiger partial charge < -0.3 is 14.7 Å². The normalized spacial score (nSPS) is 23.4. The van der Waals surface area contributed by atoms with Crippen molar-refractivity contribution in [3.63, 3.8) is 0 Å². The molecular weight excluding hydrogens is 488 g/mol. The largest absolute Gasteiger partial charge is 0.502 e. The Morgan fingerprint density at radius 1 is 1.06 bits per heavy atom. The first-order valence-corrected chi connectivity index (χ1v) is 12.6. The fourth-order valence-corrected chi connectivity index (χ4v) is 7.25. The molecule has 7 nitrogen and oxygen atoms in total. The van der Waals surface area contributed by atoms with Crippen LogP contribution in [-0.4, -0.2) is 46.5 Å². The summed E-state index contributed by atoms with van der Waals surface area (Å²) in [6.07, 6.45) is 2.28. The molecule has 4 heterocycles. The number of fused-ring (bicyclic) bond motifs is 5. The zero-order chi connectivity index (χ0) is 24.8. The van der Waals surface area contributed by atoms with Gasteiger partial charge in [-0.05, 0) is 36.1 Å². The van der Waals surface area contributed by atoms with Crippen LogP contribution in [0.5, 0.6) is 5.75 Å². The maximum Gasteiger partial charge on any atom is 0.278 e. The Labute approximate surface area is 208 Å². The molecule has 3 aliphatic heterocycles. The number of pyridine rings is 1. The Morgan fingerprint density at radius 3 is 2.67 bits per heavy atom. The van der Waals surface area contributed by atoms with Crippen LogP contribution in [0.1, 0.15) is 46.1 Å². The van der Waals surface area contributed by atoms with Crippen molar-refractivity contribution in [2.45, 2.75) is 34.7 Å². The second-order valence-corrected chi connectivity index (χ2v) is 10.9. The number of ether oxygens (including phenoxy) is 1. The third-order valence-corrected chi connectivity index (χ3v) is 9.13. The Balaban J connectivity index is 1.56. The summed E-state index contributed by atoms with van der Waals surface area (Å²) in [7, 11) is 0. The lowest BCUT2D eigenvalue weighted by molar-refractivity contribution is -0.0197. The molecule has 1 saturated heterocycles. The van der Waals surface area contributed by atoms with Crippen LogP contribution >= 0.6 is 11.8 Å². The molecule has 1 aliphatic carbocycles. The molecule has 0 radical (unpaired) electrons. The molecule has 2 aromatic carbocycles. The highest BCUT2D eigenvalue weighted by Gasteiger charge is 2.54. The number of hydrogen-bond donors (Lipinski definition) is 1. The van der Waals surface area contributed by atoms with Crippen LogP contribution < -0.4 is 10.4 Å². The highest BCUT2D eigenvalue weighted by Crippen LogP contribution is 2.64. The number of benzene rings is 2. The molecule has 1 N–H and O–H groups in total. The highest BCUT2D eigenvalue weighted by atomic mass is 32.2. The molecule has 184 valence electrons. The number of aromatic hydroxyl groups is 1. The molecule has 1 spiro atoms. The molecule has 1 saturated carbocycles. The molecule has 2 unspecified atom stereocenters. The summed E-state index contributed by atoms with van der Waals surface area (Å²) in [6.45, 7) is 0.749. The van der Waals surface area contributed by atoms with E-state index < -0.39 is 45.7 Å². The van der Waals surface area contributed by atoms with Gasteiger partial charge in [-0.25, -0.2) is 8.78 Å². The minimum Gasteiger partial charge on any atom is -0.502 e. The molecule has 1 aromatic heterocycles. The van der Waals surface area contributed by atoms with Crippen LogP contribution in [0.25, 0.3) is 0 Å². The molecule has 4 aliphatic rings. The van der Waals surface area contributed by atoms with Gasteiger partial charge in [0.25, 0.3) is 5.91 Å². The number of nitrogens with zero attached hydrogens (tertiary/aromatic N) is 3. The minimum absolute atomic E-state index is 0.153. The van der Waals surface area contributed by atoms with Gasteiger partial charge in [0.05, 0.1) is 19.3 Å². The van der Waals surface area contributed by atoms with E-state index >= 15 is 4.39 Å². The standard InChI is InChI=1S/C26H21F2N3O4S/c27-16-6-5-15-20(21(16)28)26(8-9-26)36-18-4-2-1-3-14(18)22(15)31-19-13-35-12-11-29(19)25(34)23-24(33)17(32)7-10-30(23)31/h1-7,10,19,22,33H,8-9,11-13H2. The number of aromatic nitrogens is 1. The fraction of sp³-hybridized carbons (Fsp3) is 0.308. The first kappa shape index (κ1) is 21.9. The Kier molecular flexibility index (Phi) is 4.60. The van der Waals surface area contributed by atoms with Crippen molar-refractivity contribution < 1.29 is 23.4 Å². The van der Waals surface area contributed by atoms with E-state index in [0.717, 1.165) is 16.5 Å². The molecular formula is C26H21F2N3O4S. The van der Waals surface area contributed by atoms with Crippen molar-refractivity contribution >= 4 is 17.7 Å². The van der Waals surface area contributed by atoms with Gasteiger partial charge in [0, 0.05) is 34.0 Å². The minimum atomic E-state index is -0.900. The molecule has 36 heavy (non-hydrogen) atoms. The lowest BCUT2D eigenvalue weighted by Crippen LogP contribution is -2.66. The van der Waals surface area contributed by atoms with Crippen LogP contribution in [0.15, 0.2) is 58.4 Å². The maximum atomic E-state index is 15.6. The molecule has 0 bridgehead atoms. The molecule has 2 fully saturated rings. The number of rotatable bonds is 1. The van der Waals surface area contributed by atoms with Crippen LogP contribution in [-0.2, 0) is 9.48 Å². The summed E-state index contributed by atoms with van der Waals surface area (Å²) < 4.78 is 36.9. The van der Waals surface area contributed by atoms with Gasteiger partial charge >= 0.3 is 0 Å². The van der Waals surface area contributed by atoms with E-state index in [0.29, 0.717) is 30.6 Å². The second kappa shape index (κ2) is 7.57. The number of hydrogen-bond acceptors (Lipinski definition) is 6. The van der Waals surface area contributed by atoms with Crippen molar-refractivity contribution in [3.8, 4) is 5.75 Å². The third-order valence-electron chi connectivity index (χ3n) is 7.54. The van der Waals surface area contributed by atoms with E-state index in [1.807, 2.05) is 29.3 Å². The lowest BCUT2D eigenvalue weighted by Gasteiger charge is -2.51. The van der Waals surface area contributed by atoms with Gasteiger partial charge in [-0.2, -0.15) is 0 Å². The average molecular weight is 510 g/mol. The van der Waals surface area contributed by atoms with Crippen molar-refractivity contribution in [1.29, 1.82) is 0 Å². The van der Waals surface area contributed by atoms with E-state index in [1.54, 1.807) is 22.7 Å². The van der Waals surface area contributed by atoms with E-state index in [2.05, 4.69) is 0 Å². The van der Waals surface area contributed by atoms with Gasteiger partial charge in [-0.15, -0.1) is 11.8 Å². The maximum absolute atomic E-state index is 15.6. The number of morpholine rings is 1. The molecule has 3 aromatic rings. The number of carbonyl (C=O) groups excluding carboxylic acids is 1. The second-order valence-electron chi connectivity index (χ2n) is 9.52. The summed E-state index contributed by atoms with van der Waals surface area (Å²) in [5.41, 5.74) is 0.972. The van der Waals surface area contributed by atoms with Crippen LogP contribution in [0, 0.1) is 11.6 Å². The van der Waals surface area contributed by atoms with E-state index in [4.69, 9.17) is 4.74 Å². The van der Waals surface area contributed by atoms with Crippen molar-refractivity contribution in [2.75, 3.05) is 24.8 Å². The topological polar surface area (TPSA) is 75.0 Å². The average Bonchev–Trinajstić information content (AvgIpc) is 3.67. The Hall–Kier alpha value is -3.37. The lowest BCUT2D eigenvalue weighted by atomic mass is 9.90. The molecule has 1 amide bonds. The summed E-state index contributed by atoms with van der Waals surface area (Å²) in [4.78, 5) is 28.3. The van der Waals surface area contributed by atoms with Crippen molar-refractivity contribution in [1.82, 2.24) is 9.58 Å². The monoisotopic (exact) mass is 509 g/mol. The summed E-state index contributed by atoms with van der Waals surface area (Å²) in [5.74, 6) is -2.88. The highest BCUT2D eigenvalue weighted by molar-refractivity contribution is 8.00. The number of thioether (sulfide) groups is 1. The zero-order valence-corrected chi connectivity index (χ0v) is 19.8. The quantitative estimate of drug-likeness (QED) is 0.542. The fourth-order valence-electron chi connectivity index (χ4n) is 5.77. The molecule has 7 rings (SSSR count). The van der Waals surface area contributed by atoms with Crippen molar-refractivity contribution in [3.05, 3.63) is 92.9 Å². The predicted octanol–water partition coefficient (Wildman–Crippen LogP) is 3.47. The Bertz CT molecular complexity index is 1500. The van der Waals surface area contributed by atoms with Crippen LogP contribution in [0.3, 0.4) is 0 Å². The number of carbonyl (C=O) groups is 1. The number of halogens is 2. The van der Waals surface area contributed by atoms with Gasteiger partial charge in [0.1, 0.15) is 6.17 Å². The smallest absolute Gasteiger partial charge is 0.278 e. The number of amides is 1. The predicted molar refractivity (Wildman–Crippen MR) is 128 cm³/mol. The third kappa shape index (κ3) is 2.88. The summed E-state index contributed by atoms with van der Waals surface area (Å²) >= 11 is 1.54. The van der Waals surface area contributed by atoms with E-state index in [-0.39, 0.29) is 18.8 Å². The molecule has 2 atom stereocenters. The van der Waals surface area contributed by atoms with Gasteiger partial charge in [-0.1, -0.05) is 24.3 Å². The van der Waals surface area contributed by atoms with E-state index in [1.165, 1.54) is 16.9 Å². The summed E-state index contributed by atoms with van der Waals surface area (Å²) in [6, 6.07) is 11.0. The van der Waals surface area contributed by atoms with Gasteiger partial charge in [-0.3, -0.25) is 19.3 Å². The zero-order valence-electron chi connectivity index (χ0n) is 19.0. The SMILES string of the molecule is O=C1c2c(O)c(=O)ccn2N(C2c3ccccc3SC3(CC3)c3c2ccc(F)c3F)C2COCCN12. The molecule has 10 heteroatoms. The van der Waals surface area contributed by atoms with Crippen LogP contribution in [0.2, 0.25) is 0 Å². The van der Waals surface area contributed by atoms with Gasteiger partial charge in [0.15, 0.2) is 23.1 Å². The first-order valence-electron chi connectivity index (χ1n) is 11.8. The van der Waals surface area contributed by atoms with Crippen LogP contribution in [0.4, 0.5) is 8.78 Å².